The van der Waals surface area contributed by atoms with E-state index < -0.39 is 8.96 Å². The number of nitrogens with zero attached hydrogens (tertiary/aromatic N) is 1. The normalized spacial score (nSPS) is 10.2. The van der Waals surface area contributed by atoms with Crippen LogP contribution < -0.4 is 9.55 Å². The predicted molar refractivity (Wildman–Crippen MR) is 63.5 cm³/mol. The van der Waals surface area contributed by atoms with Crippen molar-refractivity contribution < 1.29 is 0 Å². The van der Waals surface area contributed by atoms with Crippen LogP contribution in [0.2, 0.25) is 13.1 Å². The Balaban J connectivity index is 2.98. The molecule has 0 spiro atoms. The van der Waals surface area contributed by atoms with Gasteiger partial charge in [0.05, 0.1) is 0 Å². The summed E-state index contributed by atoms with van der Waals surface area (Å²) in [5.41, 5.74) is 1.95. The highest BCUT2D eigenvalue weighted by atomic mass is 35.5. The third-order valence-electron chi connectivity index (χ3n) is 1.66. The van der Waals surface area contributed by atoms with Gasteiger partial charge in [-0.25, -0.2) is 0 Å². The lowest BCUT2D eigenvalue weighted by atomic mass is 9.93. The molecule has 0 saturated carbocycles. The Labute approximate surface area is 91.6 Å². The summed E-state index contributed by atoms with van der Waals surface area (Å²) in [7, 11) is -0.676. The summed E-state index contributed by atoms with van der Waals surface area (Å²) >= 11 is 11.8. The van der Waals surface area contributed by atoms with E-state index in [1.54, 1.807) is 10.8 Å². The molecule has 0 aromatic heterocycles. The molecule has 1 nitrogen and oxygen atoms in total. The maximum absolute atomic E-state index is 6.12. The fourth-order valence-electron chi connectivity index (χ4n) is 0.999. The van der Waals surface area contributed by atoms with Gasteiger partial charge in [-0.1, -0.05) is 31.3 Å². The summed E-state index contributed by atoms with van der Waals surface area (Å²) in [4.78, 5) is 0. The maximum Gasteiger partial charge on any atom is 0.277 e. The zero-order valence-electron chi connectivity index (χ0n) is 7.59. The largest absolute Gasteiger partial charge is 0.315 e. The fourth-order valence-corrected chi connectivity index (χ4v) is 2.02. The van der Waals surface area contributed by atoms with E-state index in [2.05, 4.69) is 13.1 Å². The van der Waals surface area contributed by atoms with Crippen LogP contribution in [0.5, 0.6) is 0 Å². The van der Waals surface area contributed by atoms with Gasteiger partial charge in [-0.15, -0.1) is 0 Å². The second-order valence-corrected chi connectivity index (χ2v) is 6.08. The Morgan fingerprint density at radius 1 is 1.31 bits per heavy atom. The number of para-hydroxylation sites is 1. The highest BCUT2D eigenvalue weighted by Crippen LogP contribution is 2.15. The Morgan fingerprint density at radius 3 is 2.46 bits per heavy atom. The monoisotopic (exact) mass is 229 g/mol. The molecule has 0 aliphatic carbocycles. The van der Waals surface area contributed by atoms with Gasteiger partial charge in [-0.2, -0.15) is 11.5 Å². The average Bonchev–Trinajstić information content (AvgIpc) is 2.16. The molecule has 1 rings (SSSR count). The molecule has 0 bridgehead atoms. The first kappa shape index (κ1) is 11.0. The van der Waals surface area contributed by atoms with Crippen LogP contribution in [0, 0.1) is 0 Å². The molecule has 5 heteroatoms. The van der Waals surface area contributed by atoms with Crippen LogP contribution >= 0.6 is 23.2 Å². The summed E-state index contributed by atoms with van der Waals surface area (Å²) in [6.07, 6.45) is 0. The molecule has 0 fully saturated rings. The molecule has 0 atom stereocenters. The summed E-state index contributed by atoms with van der Waals surface area (Å²) in [6.45, 7) is 5.81. The minimum Gasteiger partial charge on any atom is -0.315 e. The van der Waals surface area contributed by atoms with Gasteiger partial charge in [0.1, 0.15) is 0 Å². The highest BCUT2D eigenvalue weighted by Gasteiger charge is 2.12. The molecule has 0 N–H and O–H groups in total. The number of hydrogen-bond acceptors (Lipinski definition) is 1. The summed E-state index contributed by atoms with van der Waals surface area (Å²) in [5.74, 6) is 0. The van der Waals surface area contributed by atoms with Gasteiger partial charge in [0.2, 0.25) is 0 Å². The molecular formula is C8H10BCl2NSi. The van der Waals surface area contributed by atoms with Crippen LogP contribution in [0.25, 0.3) is 0 Å². The number of anilines is 1. The van der Waals surface area contributed by atoms with E-state index in [0.29, 0.717) is 0 Å². The molecule has 0 amide bonds. The zero-order valence-corrected chi connectivity index (χ0v) is 10.1. The minimum atomic E-state index is -0.676. The third-order valence-corrected chi connectivity index (χ3v) is 4.12. The van der Waals surface area contributed by atoms with Gasteiger partial charge in [0.15, 0.2) is 8.96 Å². The van der Waals surface area contributed by atoms with Crippen LogP contribution in [-0.2, 0) is 0 Å². The van der Waals surface area contributed by atoms with Gasteiger partial charge in [-0.3, -0.25) is 0 Å². The summed E-state index contributed by atoms with van der Waals surface area (Å²) < 4.78 is 1.78. The van der Waals surface area contributed by atoms with Crippen LogP contribution in [0.4, 0.5) is 5.69 Å². The van der Waals surface area contributed by atoms with Crippen molar-refractivity contribution in [2.24, 2.45) is 0 Å². The lowest BCUT2D eigenvalue weighted by molar-refractivity contribution is 1.54. The Morgan fingerprint density at radius 2 is 1.92 bits per heavy atom. The van der Waals surface area contributed by atoms with Crippen molar-refractivity contribution in [3.63, 3.8) is 0 Å². The molecule has 2 radical (unpaired) electrons. The molecule has 0 unspecified atom stereocenters. The summed E-state index contributed by atoms with van der Waals surface area (Å²) in [5, 5.41) is 0. The number of benzene rings is 1. The SMILES string of the molecule is C[Si](C)N(Cl)c1ccccc1[B]Cl. The second kappa shape index (κ2) is 4.94. The molecule has 0 aliphatic rings. The second-order valence-electron chi connectivity index (χ2n) is 2.90. The molecule has 0 saturated heterocycles. The molecule has 1 aromatic rings. The Hall–Kier alpha value is -0.118. The number of hydrogen-bond donors (Lipinski definition) is 0. The van der Waals surface area contributed by atoms with E-state index in [4.69, 9.17) is 23.2 Å². The van der Waals surface area contributed by atoms with Crippen LogP contribution in [0.3, 0.4) is 0 Å². The van der Waals surface area contributed by atoms with E-state index in [0.717, 1.165) is 11.2 Å². The van der Waals surface area contributed by atoms with Gasteiger partial charge < -0.3 is 4.08 Å². The smallest absolute Gasteiger partial charge is 0.277 e. The quantitative estimate of drug-likeness (QED) is 0.569. The molecule has 13 heavy (non-hydrogen) atoms. The predicted octanol–water partition coefficient (Wildman–Crippen LogP) is 2.38. The zero-order chi connectivity index (χ0) is 9.84. The number of halogens is 2. The van der Waals surface area contributed by atoms with E-state index in [1.807, 2.05) is 24.3 Å². The lowest BCUT2D eigenvalue weighted by Gasteiger charge is -2.21. The first-order valence-electron chi connectivity index (χ1n) is 3.95. The van der Waals surface area contributed by atoms with E-state index in [-0.39, 0.29) is 0 Å². The third kappa shape index (κ3) is 2.66. The maximum atomic E-state index is 6.12. The van der Waals surface area contributed by atoms with Crippen molar-refractivity contribution in [2.45, 2.75) is 13.1 Å². The molecule has 1 aromatic carbocycles. The van der Waals surface area contributed by atoms with Crippen molar-refractivity contribution in [2.75, 3.05) is 4.08 Å². The van der Waals surface area contributed by atoms with Gasteiger partial charge in [0.25, 0.3) is 6.69 Å². The van der Waals surface area contributed by atoms with Crippen molar-refractivity contribution in [1.82, 2.24) is 0 Å². The average molecular weight is 230 g/mol. The van der Waals surface area contributed by atoms with Crippen molar-refractivity contribution in [3.05, 3.63) is 24.3 Å². The molecule has 68 valence electrons. The van der Waals surface area contributed by atoms with Crippen LogP contribution in [-0.4, -0.2) is 15.7 Å². The van der Waals surface area contributed by atoms with E-state index >= 15 is 0 Å². The van der Waals surface area contributed by atoms with Gasteiger partial charge >= 0.3 is 0 Å². The first-order valence-corrected chi connectivity index (χ1v) is 7.17. The molecular weight excluding hydrogens is 220 g/mol. The Kier molecular flexibility index (Phi) is 4.16. The number of rotatable bonds is 3. The van der Waals surface area contributed by atoms with Crippen molar-refractivity contribution in [1.29, 1.82) is 0 Å². The van der Waals surface area contributed by atoms with Crippen LogP contribution in [0.15, 0.2) is 24.3 Å². The van der Waals surface area contributed by atoms with E-state index in [9.17, 15) is 0 Å². The minimum absolute atomic E-state index is 0.676. The molecule has 0 heterocycles. The van der Waals surface area contributed by atoms with Crippen LogP contribution in [0.1, 0.15) is 0 Å². The first-order chi connectivity index (χ1) is 6.16. The van der Waals surface area contributed by atoms with E-state index in [1.165, 1.54) is 0 Å². The van der Waals surface area contributed by atoms with Crippen molar-refractivity contribution >= 4 is 50.0 Å². The molecule has 0 aliphatic heterocycles. The Bertz CT molecular complexity index is 283. The van der Waals surface area contributed by atoms with Crippen molar-refractivity contribution in [3.8, 4) is 0 Å². The fraction of sp³-hybridized carbons (Fsp3) is 0.250. The topological polar surface area (TPSA) is 3.24 Å². The van der Waals surface area contributed by atoms with Gasteiger partial charge in [0, 0.05) is 17.5 Å². The summed E-state index contributed by atoms with van der Waals surface area (Å²) in [6, 6.07) is 7.82. The standard InChI is InChI=1S/C8H10BCl2NSi/c1-13(2)12(11)8-6-4-3-5-7(8)9-10/h3-6H,1-2H3. The highest BCUT2D eigenvalue weighted by molar-refractivity contribution is 7.02. The van der Waals surface area contributed by atoms with Gasteiger partial charge in [-0.05, 0) is 11.5 Å². The lowest BCUT2D eigenvalue weighted by Crippen LogP contribution is -2.30.